The maximum absolute atomic E-state index is 10.6. The summed E-state index contributed by atoms with van der Waals surface area (Å²) in [6.07, 6.45) is 14.8. The van der Waals surface area contributed by atoms with Crippen molar-refractivity contribution < 1.29 is 9.90 Å². The molecule has 0 fully saturated rings. The van der Waals surface area contributed by atoms with Crippen LogP contribution in [0.15, 0.2) is 11.6 Å². The van der Waals surface area contributed by atoms with Crippen LogP contribution in [0, 0.1) is 0 Å². The fraction of sp³-hybridized carbons (Fsp3) is 0.812. The number of hydrogen-bond acceptors (Lipinski definition) is 1. The number of carboxylic acid groups (broad SMARTS) is 1. The van der Waals surface area contributed by atoms with Gasteiger partial charge in [0.05, 0.1) is 0 Å². The van der Waals surface area contributed by atoms with Gasteiger partial charge in [0.2, 0.25) is 0 Å². The van der Waals surface area contributed by atoms with Gasteiger partial charge in [0.1, 0.15) is 0 Å². The minimum atomic E-state index is -0.794. The second kappa shape index (κ2) is 12.7. The van der Waals surface area contributed by atoms with Crippen LogP contribution in [0.2, 0.25) is 0 Å². The monoisotopic (exact) mass is 254 g/mol. The Hall–Kier alpha value is -0.790. The van der Waals surface area contributed by atoms with Gasteiger partial charge in [-0.05, 0) is 19.3 Å². The predicted octanol–water partition coefficient (Wildman–Crippen LogP) is 5.33. The molecule has 0 radical (unpaired) electrons. The Morgan fingerprint density at radius 1 is 0.833 bits per heavy atom. The van der Waals surface area contributed by atoms with Crippen LogP contribution < -0.4 is 0 Å². The second-order valence-electron chi connectivity index (χ2n) is 5.12. The molecule has 0 saturated heterocycles. The molecular weight excluding hydrogens is 224 g/mol. The molecule has 0 spiro atoms. The molecule has 0 amide bonds. The highest BCUT2D eigenvalue weighted by atomic mass is 16.4. The summed E-state index contributed by atoms with van der Waals surface area (Å²) in [7, 11) is 0. The van der Waals surface area contributed by atoms with Crippen LogP contribution in [0.1, 0.15) is 84.5 Å². The van der Waals surface area contributed by atoms with Crippen molar-refractivity contribution in [1.82, 2.24) is 0 Å². The van der Waals surface area contributed by atoms with Gasteiger partial charge in [-0.15, -0.1) is 0 Å². The molecule has 0 aromatic rings. The summed E-state index contributed by atoms with van der Waals surface area (Å²) in [5.41, 5.74) is 1.11. The lowest BCUT2D eigenvalue weighted by Crippen LogP contribution is -1.93. The van der Waals surface area contributed by atoms with Gasteiger partial charge in [0.25, 0.3) is 0 Å². The molecule has 106 valence electrons. The van der Waals surface area contributed by atoms with Crippen molar-refractivity contribution in [2.24, 2.45) is 0 Å². The van der Waals surface area contributed by atoms with Crippen molar-refractivity contribution in [1.29, 1.82) is 0 Å². The first kappa shape index (κ1) is 17.2. The van der Waals surface area contributed by atoms with E-state index in [4.69, 9.17) is 5.11 Å². The first-order valence-electron chi connectivity index (χ1n) is 7.63. The highest BCUT2D eigenvalue weighted by molar-refractivity contribution is 5.80. The van der Waals surface area contributed by atoms with Gasteiger partial charge in [-0.2, -0.15) is 0 Å². The molecule has 0 unspecified atom stereocenters. The Bertz CT molecular complexity index is 231. The zero-order valence-electron chi connectivity index (χ0n) is 12.2. The van der Waals surface area contributed by atoms with E-state index in [0.29, 0.717) is 0 Å². The molecule has 0 aromatic carbocycles. The lowest BCUT2D eigenvalue weighted by molar-refractivity contribution is -0.131. The predicted molar refractivity (Wildman–Crippen MR) is 77.9 cm³/mol. The van der Waals surface area contributed by atoms with Crippen LogP contribution in [-0.2, 0) is 4.79 Å². The highest BCUT2D eigenvalue weighted by Gasteiger charge is 2.00. The summed E-state index contributed by atoms with van der Waals surface area (Å²) in [5.74, 6) is -0.794. The molecule has 0 saturated carbocycles. The minimum Gasteiger partial charge on any atom is -0.478 e. The standard InChI is InChI=1S/C16H30O2/c1-3-5-6-7-8-9-10-11-13-15(12-4-2)14-16(17)18/h14H,3-13H2,1-2H3,(H,17,18)/b15-14-. The van der Waals surface area contributed by atoms with Crippen LogP contribution in [0.4, 0.5) is 0 Å². The Morgan fingerprint density at radius 3 is 1.89 bits per heavy atom. The number of carbonyl (C=O) groups is 1. The van der Waals surface area contributed by atoms with Gasteiger partial charge >= 0.3 is 5.97 Å². The van der Waals surface area contributed by atoms with Crippen LogP contribution in [0.3, 0.4) is 0 Å². The Kier molecular flexibility index (Phi) is 12.1. The summed E-state index contributed by atoms with van der Waals surface area (Å²) in [4.78, 5) is 10.6. The maximum Gasteiger partial charge on any atom is 0.328 e. The van der Waals surface area contributed by atoms with E-state index in [2.05, 4.69) is 13.8 Å². The van der Waals surface area contributed by atoms with E-state index in [9.17, 15) is 4.79 Å². The Morgan fingerprint density at radius 2 is 1.39 bits per heavy atom. The summed E-state index contributed by atoms with van der Waals surface area (Å²) >= 11 is 0. The van der Waals surface area contributed by atoms with Crippen LogP contribution in [0.5, 0.6) is 0 Å². The Balaban J connectivity index is 3.52. The fourth-order valence-electron chi connectivity index (χ4n) is 2.25. The lowest BCUT2D eigenvalue weighted by Gasteiger charge is -2.05. The molecular formula is C16H30O2. The van der Waals surface area contributed by atoms with Crippen molar-refractivity contribution in [2.45, 2.75) is 84.5 Å². The third-order valence-corrected chi connectivity index (χ3v) is 3.25. The molecule has 0 atom stereocenters. The maximum atomic E-state index is 10.6. The van der Waals surface area contributed by atoms with Crippen molar-refractivity contribution in [3.8, 4) is 0 Å². The fourth-order valence-corrected chi connectivity index (χ4v) is 2.25. The van der Waals surface area contributed by atoms with Gasteiger partial charge in [-0.25, -0.2) is 4.79 Å². The van der Waals surface area contributed by atoms with E-state index in [-0.39, 0.29) is 0 Å². The van der Waals surface area contributed by atoms with E-state index in [1.54, 1.807) is 0 Å². The quantitative estimate of drug-likeness (QED) is 0.377. The zero-order chi connectivity index (χ0) is 13.6. The van der Waals surface area contributed by atoms with Crippen molar-refractivity contribution >= 4 is 5.97 Å². The molecule has 0 aliphatic rings. The van der Waals surface area contributed by atoms with E-state index < -0.39 is 5.97 Å². The third-order valence-electron chi connectivity index (χ3n) is 3.25. The third kappa shape index (κ3) is 11.7. The molecule has 2 heteroatoms. The average molecular weight is 254 g/mol. The summed E-state index contributed by atoms with van der Waals surface area (Å²) < 4.78 is 0. The normalized spacial score (nSPS) is 11.8. The molecule has 0 rings (SSSR count). The smallest absolute Gasteiger partial charge is 0.328 e. The van der Waals surface area contributed by atoms with Crippen molar-refractivity contribution in [3.05, 3.63) is 11.6 Å². The van der Waals surface area contributed by atoms with Crippen LogP contribution in [-0.4, -0.2) is 11.1 Å². The molecule has 18 heavy (non-hydrogen) atoms. The van der Waals surface area contributed by atoms with Crippen LogP contribution in [0.25, 0.3) is 0 Å². The summed E-state index contributed by atoms with van der Waals surface area (Å²) in [6.45, 7) is 4.34. The van der Waals surface area contributed by atoms with Crippen molar-refractivity contribution in [2.75, 3.05) is 0 Å². The molecule has 0 aromatic heterocycles. The van der Waals surface area contributed by atoms with Gasteiger partial charge in [-0.1, -0.05) is 70.8 Å². The molecule has 0 aliphatic heterocycles. The summed E-state index contributed by atoms with van der Waals surface area (Å²) in [5, 5.41) is 8.76. The van der Waals surface area contributed by atoms with Gasteiger partial charge in [-0.3, -0.25) is 0 Å². The number of allylic oxidation sites excluding steroid dienone is 1. The number of carboxylic acids is 1. The SMILES string of the molecule is CCCCCCCCCC/C(=C\C(=O)O)CCC. The Labute approximate surface area is 112 Å². The molecule has 2 nitrogen and oxygen atoms in total. The van der Waals surface area contributed by atoms with Crippen molar-refractivity contribution in [3.63, 3.8) is 0 Å². The van der Waals surface area contributed by atoms with Gasteiger partial charge in [0.15, 0.2) is 0 Å². The zero-order valence-corrected chi connectivity index (χ0v) is 12.2. The number of rotatable bonds is 12. The number of unbranched alkanes of at least 4 members (excludes halogenated alkanes) is 7. The first-order chi connectivity index (χ1) is 8.70. The minimum absolute atomic E-state index is 0.794. The van der Waals surface area contributed by atoms with E-state index in [1.807, 2.05) is 0 Å². The molecule has 0 heterocycles. The average Bonchev–Trinajstić information content (AvgIpc) is 2.32. The van der Waals surface area contributed by atoms with E-state index in [1.165, 1.54) is 51.0 Å². The second-order valence-corrected chi connectivity index (χ2v) is 5.12. The molecule has 1 N–H and O–H groups in total. The van der Waals surface area contributed by atoms with E-state index >= 15 is 0 Å². The number of hydrogen-bond donors (Lipinski definition) is 1. The topological polar surface area (TPSA) is 37.3 Å². The number of aliphatic carboxylic acids is 1. The highest BCUT2D eigenvalue weighted by Crippen LogP contribution is 2.16. The lowest BCUT2D eigenvalue weighted by atomic mass is 10.0. The molecule has 0 aliphatic carbocycles. The molecule has 0 bridgehead atoms. The van der Waals surface area contributed by atoms with Gasteiger partial charge in [0, 0.05) is 6.08 Å². The van der Waals surface area contributed by atoms with Crippen LogP contribution >= 0.6 is 0 Å². The van der Waals surface area contributed by atoms with E-state index in [0.717, 1.165) is 31.3 Å². The first-order valence-corrected chi connectivity index (χ1v) is 7.63. The summed E-state index contributed by atoms with van der Waals surface area (Å²) in [6, 6.07) is 0. The van der Waals surface area contributed by atoms with Gasteiger partial charge < -0.3 is 5.11 Å². The largest absolute Gasteiger partial charge is 0.478 e.